The molecule has 0 amide bonds. The Bertz CT molecular complexity index is 650. The lowest BCUT2D eigenvalue weighted by Crippen LogP contribution is -2.11. The first-order chi connectivity index (χ1) is 10.2. The smallest absolute Gasteiger partial charge is 0.200 e. The molecule has 108 valence electrons. The maximum Gasteiger partial charge on any atom is 0.200 e. The van der Waals surface area contributed by atoms with E-state index < -0.39 is 0 Å². The van der Waals surface area contributed by atoms with Crippen LogP contribution in [0.4, 0.5) is 0 Å². The Labute approximate surface area is 128 Å². The lowest BCUT2D eigenvalue weighted by molar-refractivity contribution is 0.0921. The van der Waals surface area contributed by atoms with Gasteiger partial charge in [-0.25, -0.2) is 0 Å². The van der Waals surface area contributed by atoms with Gasteiger partial charge in [0.2, 0.25) is 0 Å². The zero-order valence-corrected chi connectivity index (χ0v) is 12.2. The van der Waals surface area contributed by atoms with Gasteiger partial charge in [-0.05, 0) is 43.2 Å². The number of hydrogen-bond acceptors (Lipinski definition) is 3. The summed E-state index contributed by atoms with van der Waals surface area (Å²) in [6.45, 7) is -0.0206. The van der Waals surface area contributed by atoms with Crippen LogP contribution in [0.15, 0.2) is 48.5 Å². The van der Waals surface area contributed by atoms with Crippen molar-refractivity contribution in [3.63, 3.8) is 0 Å². The Morgan fingerprint density at radius 3 is 2.62 bits per heavy atom. The summed E-state index contributed by atoms with van der Waals surface area (Å²) >= 11 is 5.87. The van der Waals surface area contributed by atoms with E-state index in [9.17, 15) is 4.79 Å². The molecule has 21 heavy (non-hydrogen) atoms. The summed E-state index contributed by atoms with van der Waals surface area (Å²) in [6, 6.07) is 14.2. The molecule has 0 saturated heterocycles. The number of Topliss-reactive ketones (excluding diaryl/α,β-unsaturated/α-hetero) is 1. The van der Waals surface area contributed by atoms with Crippen LogP contribution in [0, 0.1) is 0 Å². The summed E-state index contributed by atoms with van der Waals surface area (Å²) < 4.78 is 11.1. The van der Waals surface area contributed by atoms with Crippen molar-refractivity contribution in [3.05, 3.63) is 59.1 Å². The van der Waals surface area contributed by atoms with E-state index >= 15 is 0 Å². The minimum Gasteiger partial charge on any atom is -0.490 e. The standard InChI is InChI=1S/C17H15ClO3/c18-13-4-2-5-15(10-13)20-11-17(19)12-3-1-6-16(9-12)21-14-7-8-14/h1-6,9-10,14H,7-8,11H2. The monoisotopic (exact) mass is 302 g/mol. The van der Waals surface area contributed by atoms with Crippen LogP contribution in [-0.2, 0) is 0 Å². The number of hydrogen-bond donors (Lipinski definition) is 0. The number of carbonyl (C=O) groups excluding carboxylic acids is 1. The summed E-state index contributed by atoms with van der Waals surface area (Å²) in [5.74, 6) is 1.24. The Hall–Kier alpha value is -2.00. The zero-order chi connectivity index (χ0) is 14.7. The highest BCUT2D eigenvalue weighted by Crippen LogP contribution is 2.27. The van der Waals surface area contributed by atoms with Crippen LogP contribution in [0.25, 0.3) is 0 Å². The summed E-state index contributed by atoms with van der Waals surface area (Å²) in [5, 5.41) is 0.583. The van der Waals surface area contributed by atoms with Crippen molar-refractivity contribution in [2.75, 3.05) is 6.61 Å². The minimum atomic E-state index is -0.0868. The Kier molecular flexibility index (Phi) is 4.11. The molecule has 0 unspecified atom stereocenters. The molecule has 0 aromatic heterocycles. The fraction of sp³-hybridized carbons (Fsp3) is 0.235. The van der Waals surface area contributed by atoms with Crippen molar-refractivity contribution in [1.82, 2.24) is 0 Å². The van der Waals surface area contributed by atoms with Gasteiger partial charge in [-0.15, -0.1) is 0 Å². The Morgan fingerprint density at radius 2 is 1.86 bits per heavy atom. The van der Waals surface area contributed by atoms with Crippen LogP contribution in [0.1, 0.15) is 23.2 Å². The van der Waals surface area contributed by atoms with Crippen LogP contribution in [0.2, 0.25) is 5.02 Å². The average Bonchev–Trinajstić information content (AvgIpc) is 3.29. The first-order valence-corrected chi connectivity index (χ1v) is 7.27. The van der Waals surface area contributed by atoms with E-state index in [1.807, 2.05) is 12.1 Å². The molecule has 0 N–H and O–H groups in total. The zero-order valence-electron chi connectivity index (χ0n) is 11.4. The largest absolute Gasteiger partial charge is 0.490 e. The molecule has 0 heterocycles. The van der Waals surface area contributed by atoms with Gasteiger partial charge in [0.25, 0.3) is 0 Å². The van der Waals surface area contributed by atoms with Crippen molar-refractivity contribution >= 4 is 17.4 Å². The first kappa shape index (κ1) is 14.0. The van der Waals surface area contributed by atoms with Crippen LogP contribution in [-0.4, -0.2) is 18.5 Å². The van der Waals surface area contributed by atoms with E-state index in [4.69, 9.17) is 21.1 Å². The molecule has 2 aromatic carbocycles. The molecule has 1 fully saturated rings. The number of carbonyl (C=O) groups is 1. The molecule has 1 aliphatic carbocycles. The third-order valence-electron chi connectivity index (χ3n) is 3.15. The summed E-state index contributed by atoms with van der Waals surface area (Å²) in [6.07, 6.45) is 2.50. The highest BCUT2D eigenvalue weighted by Gasteiger charge is 2.23. The van der Waals surface area contributed by atoms with Gasteiger partial charge in [0.15, 0.2) is 12.4 Å². The van der Waals surface area contributed by atoms with Gasteiger partial charge in [0.05, 0.1) is 6.10 Å². The quantitative estimate of drug-likeness (QED) is 0.752. The highest BCUT2D eigenvalue weighted by atomic mass is 35.5. The van der Waals surface area contributed by atoms with E-state index in [0.29, 0.717) is 22.4 Å². The molecule has 1 aliphatic rings. The SMILES string of the molecule is O=C(COc1cccc(Cl)c1)c1cccc(OC2CC2)c1. The van der Waals surface area contributed by atoms with Gasteiger partial charge < -0.3 is 9.47 Å². The van der Waals surface area contributed by atoms with Gasteiger partial charge in [-0.3, -0.25) is 4.79 Å². The lowest BCUT2D eigenvalue weighted by Gasteiger charge is -2.08. The molecule has 4 heteroatoms. The highest BCUT2D eigenvalue weighted by molar-refractivity contribution is 6.30. The predicted octanol–water partition coefficient (Wildman–Crippen LogP) is 4.14. The lowest BCUT2D eigenvalue weighted by atomic mass is 10.1. The van der Waals surface area contributed by atoms with E-state index in [-0.39, 0.29) is 12.4 Å². The number of ether oxygens (including phenoxy) is 2. The topological polar surface area (TPSA) is 35.5 Å². The summed E-state index contributed by atoms with van der Waals surface area (Å²) in [5.41, 5.74) is 0.593. The molecule has 3 rings (SSSR count). The second kappa shape index (κ2) is 6.19. The Balaban J connectivity index is 1.61. The molecule has 0 spiro atoms. The molecule has 0 aliphatic heterocycles. The van der Waals surface area contributed by atoms with Crippen LogP contribution in [0.5, 0.6) is 11.5 Å². The van der Waals surface area contributed by atoms with E-state index in [2.05, 4.69) is 0 Å². The van der Waals surface area contributed by atoms with Gasteiger partial charge in [-0.2, -0.15) is 0 Å². The molecule has 2 aromatic rings. The van der Waals surface area contributed by atoms with Crippen molar-refractivity contribution in [1.29, 1.82) is 0 Å². The summed E-state index contributed by atoms with van der Waals surface area (Å²) in [4.78, 5) is 12.1. The number of rotatable bonds is 6. The van der Waals surface area contributed by atoms with E-state index in [1.54, 1.807) is 36.4 Å². The van der Waals surface area contributed by atoms with Gasteiger partial charge in [-0.1, -0.05) is 29.8 Å². The second-order valence-corrected chi connectivity index (χ2v) is 5.45. The number of benzene rings is 2. The maximum absolute atomic E-state index is 12.1. The van der Waals surface area contributed by atoms with Crippen LogP contribution < -0.4 is 9.47 Å². The number of ketones is 1. The van der Waals surface area contributed by atoms with Gasteiger partial charge in [0.1, 0.15) is 11.5 Å². The molecule has 1 saturated carbocycles. The first-order valence-electron chi connectivity index (χ1n) is 6.89. The third kappa shape index (κ3) is 3.99. The van der Waals surface area contributed by atoms with Gasteiger partial charge >= 0.3 is 0 Å². The molecular weight excluding hydrogens is 288 g/mol. The summed E-state index contributed by atoms with van der Waals surface area (Å²) in [7, 11) is 0. The molecule has 0 radical (unpaired) electrons. The van der Waals surface area contributed by atoms with Crippen LogP contribution in [0.3, 0.4) is 0 Å². The third-order valence-corrected chi connectivity index (χ3v) is 3.38. The van der Waals surface area contributed by atoms with Crippen molar-refractivity contribution in [3.8, 4) is 11.5 Å². The molecule has 0 atom stereocenters. The van der Waals surface area contributed by atoms with Crippen molar-refractivity contribution in [2.24, 2.45) is 0 Å². The Morgan fingerprint density at radius 1 is 1.10 bits per heavy atom. The fourth-order valence-corrected chi connectivity index (χ4v) is 2.09. The number of halogens is 1. The fourth-order valence-electron chi connectivity index (χ4n) is 1.91. The maximum atomic E-state index is 12.1. The average molecular weight is 303 g/mol. The predicted molar refractivity (Wildman–Crippen MR) is 81.4 cm³/mol. The van der Waals surface area contributed by atoms with Crippen molar-refractivity contribution < 1.29 is 14.3 Å². The van der Waals surface area contributed by atoms with E-state index in [1.165, 1.54) is 0 Å². The van der Waals surface area contributed by atoms with E-state index in [0.717, 1.165) is 18.6 Å². The molecular formula is C17H15ClO3. The minimum absolute atomic E-state index is 0.0206. The molecule has 3 nitrogen and oxygen atoms in total. The normalized spacial score (nSPS) is 13.8. The molecule has 0 bridgehead atoms. The second-order valence-electron chi connectivity index (χ2n) is 5.01. The van der Waals surface area contributed by atoms with Gasteiger partial charge in [0, 0.05) is 10.6 Å². The van der Waals surface area contributed by atoms with Crippen molar-refractivity contribution in [2.45, 2.75) is 18.9 Å². The van der Waals surface area contributed by atoms with Crippen LogP contribution >= 0.6 is 11.6 Å².